The largest absolute Gasteiger partial charge is 0.394 e. The molecule has 1 heterocycles. The molecule has 6 heteroatoms. The second-order valence-electron chi connectivity index (χ2n) is 4.06. The van der Waals surface area contributed by atoms with Crippen LogP contribution in [-0.4, -0.2) is 45.1 Å². The van der Waals surface area contributed by atoms with E-state index >= 15 is 0 Å². The Morgan fingerprint density at radius 2 is 2.12 bits per heavy atom. The molecule has 0 atom stereocenters. The number of carbonyl (C=O) groups is 1. The minimum atomic E-state index is -0.640. The van der Waals surface area contributed by atoms with Gasteiger partial charge in [0.25, 0.3) is 5.91 Å². The van der Waals surface area contributed by atoms with Gasteiger partial charge in [-0.2, -0.15) is 0 Å². The average Bonchev–Trinajstić information content (AvgIpc) is 2.28. The Labute approximate surface area is 99.1 Å². The van der Waals surface area contributed by atoms with Crippen molar-refractivity contribution >= 4 is 17.5 Å². The number of hydrogen-bond donors (Lipinski definition) is 1. The van der Waals surface area contributed by atoms with Gasteiger partial charge in [-0.25, -0.2) is 9.97 Å². The lowest BCUT2D eigenvalue weighted by Crippen LogP contribution is -2.47. The average molecular weight is 244 g/mol. The van der Waals surface area contributed by atoms with Crippen molar-refractivity contribution in [3.05, 3.63) is 23.2 Å². The lowest BCUT2D eigenvalue weighted by molar-refractivity contribution is 0.0467. The molecule has 16 heavy (non-hydrogen) atoms. The molecule has 0 aliphatic heterocycles. The fourth-order valence-electron chi connectivity index (χ4n) is 0.976. The van der Waals surface area contributed by atoms with Gasteiger partial charge in [0.2, 0.25) is 0 Å². The second kappa shape index (κ2) is 4.76. The van der Waals surface area contributed by atoms with Gasteiger partial charge in [0, 0.05) is 7.05 Å². The second-order valence-corrected chi connectivity index (χ2v) is 4.45. The molecule has 0 bridgehead atoms. The molecule has 88 valence electrons. The molecule has 0 saturated heterocycles. The summed E-state index contributed by atoms with van der Waals surface area (Å²) < 4.78 is 0. The van der Waals surface area contributed by atoms with E-state index in [0.717, 1.165) is 0 Å². The Morgan fingerprint density at radius 1 is 1.50 bits per heavy atom. The van der Waals surface area contributed by atoms with Crippen molar-refractivity contribution in [2.45, 2.75) is 19.4 Å². The minimum absolute atomic E-state index is 0.129. The van der Waals surface area contributed by atoms with Crippen molar-refractivity contribution in [3.8, 4) is 0 Å². The van der Waals surface area contributed by atoms with Crippen LogP contribution >= 0.6 is 11.6 Å². The molecule has 0 aromatic carbocycles. The van der Waals surface area contributed by atoms with Crippen LogP contribution in [0.15, 0.2) is 12.4 Å². The number of carbonyl (C=O) groups excluding carboxylic acids is 1. The monoisotopic (exact) mass is 243 g/mol. The van der Waals surface area contributed by atoms with Crippen LogP contribution in [0.5, 0.6) is 0 Å². The molecule has 0 saturated carbocycles. The topological polar surface area (TPSA) is 66.3 Å². The van der Waals surface area contributed by atoms with Gasteiger partial charge in [0.1, 0.15) is 10.8 Å². The molecule has 5 nitrogen and oxygen atoms in total. The molecular weight excluding hydrogens is 230 g/mol. The van der Waals surface area contributed by atoms with Gasteiger partial charge in [-0.1, -0.05) is 11.6 Å². The number of likely N-dealkylation sites (N-methyl/N-ethyl adjacent to an activating group) is 1. The molecule has 1 rings (SSSR count). The van der Waals surface area contributed by atoms with E-state index in [1.54, 1.807) is 20.9 Å². The predicted molar refractivity (Wildman–Crippen MR) is 60.3 cm³/mol. The third kappa shape index (κ3) is 2.68. The minimum Gasteiger partial charge on any atom is -0.394 e. The van der Waals surface area contributed by atoms with Crippen LogP contribution in [0.2, 0.25) is 5.15 Å². The van der Waals surface area contributed by atoms with Gasteiger partial charge >= 0.3 is 0 Å². The lowest BCUT2D eigenvalue weighted by atomic mass is 10.0. The summed E-state index contributed by atoms with van der Waals surface area (Å²) in [6.07, 6.45) is 2.63. The van der Waals surface area contributed by atoms with Crippen LogP contribution in [0.1, 0.15) is 24.3 Å². The summed E-state index contributed by atoms with van der Waals surface area (Å²) in [5.74, 6) is -0.303. The summed E-state index contributed by atoms with van der Waals surface area (Å²) >= 11 is 5.57. The van der Waals surface area contributed by atoms with E-state index in [4.69, 9.17) is 16.7 Å². The van der Waals surface area contributed by atoms with Gasteiger partial charge in [0.15, 0.2) is 0 Å². The summed E-state index contributed by atoms with van der Waals surface area (Å²) in [7, 11) is 1.61. The van der Waals surface area contributed by atoms with Crippen molar-refractivity contribution < 1.29 is 9.90 Å². The SMILES string of the molecule is CN(C(=O)c1cnc(Cl)cn1)C(C)(C)CO. The fourth-order valence-corrected chi connectivity index (χ4v) is 1.07. The molecule has 0 spiro atoms. The molecule has 1 amide bonds. The van der Waals surface area contributed by atoms with E-state index in [1.165, 1.54) is 17.3 Å². The van der Waals surface area contributed by atoms with Crippen LogP contribution in [0.25, 0.3) is 0 Å². The smallest absolute Gasteiger partial charge is 0.274 e. The zero-order valence-corrected chi connectivity index (χ0v) is 10.2. The maximum absolute atomic E-state index is 11.9. The van der Waals surface area contributed by atoms with E-state index < -0.39 is 5.54 Å². The van der Waals surface area contributed by atoms with Crippen LogP contribution in [0.4, 0.5) is 0 Å². The maximum Gasteiger partial charge on any atom is 0.274 e. The van der Waals surface area contributed by atoms with E-state index in [2.05, 4.69) is 9.97 Å². The van der Waals surface area contributed by atoms with E-state index in [9.17, 15) is 4.79 Å². The Hall–Kier alpha value is -1.20. The summed E-state index contributed by atoms with van der Waals surface area (Å²) in [6.45, 7) is 3.39. The number of hydrogen-bond acceptors (Lipinski definition) is 4. The first-order chi connectivity index (χ1) is 7.38. The number of aliphatic hydroxyl groups is 1. The van der Waals surface area contributed by atoms with E-state index in [0.29, 0.717) is 0 Å². The van der Waals surface area contributed by atoms with Crippen molar-refractivity contribution in [1.82, 2.24) is 14.9 Å². The molecule has 1 N–H and O–H groups in total. The van der Waals surface area contributed by atoms with E-state index in [-0.39, 0.29) is 23.4 Å². The molecule has 0 fully saturated rings. The number of aromatic nitrogens is 2. The number of rotatable bonds is 3. The summed E-state index contributed by atoms with van der Waals surface area (Å²) in [5.41, 5.74) is -0.438. The normalized spacial score (nSPS) is 11.3. The van der Waals surface area contributed by atoms with E-state index in [1.807, 2.05) is 0 Å². The summed E-state index contributed by atoms with van der Waals surface area (Å²) in [5, 5.41) is 9.39. The predicted octanol–water partition coefficient (Wildman–Crippen LogP) is 0.973. The molecule has 1 aromatic rings. The van der Waals surface area contributed by atoms with Gasteiger partial charge in [0.05, 0.1) is 24.5 Å². The molecule has 1 aromatic heterocycles. The van der Waals surface area contributed by atoms with Crippen LogP contribution in [0.3, 0.4) is 0 Å². The third-order valence-electron chi connectivity index (χ3n) is 2.44. The Bertz CT molecular complexity index is 378. The molecule has 0 radical (unpaired) electrons. The van der Waals surface area contributed by atoms with Crippen molar-refractivity contribution in [1.29, 1.82) is 0 Å². The number of aliphatic hydroxyl groups excluding tert-OH is 1. The maximum atomic E-state index is 11.9. The van der Waals surface area contributed by atoms with Crippen molar-refractivity contribution in [2.75, 3.05) is 13.7 Å². The fraction of sp³-hybridized carbons (Fsp3) is 0.500. The Kier molecular flexibility index (Phi) is 3.83. The van der Waals surface area contributed by atoms with Gasteiger partial charge in [-0.15, -0.1) is 0 Å². The molecule has 0 aliphatic carbocycles. The van der Waals surface area contributed by atoms with Gasteiger partial charge < -0.3 is 10.0 Å². The number of nitrogens with zero attached hydrogens (tertiary/aromatic N) is 3. The van der Waals surface area contributed by atoms with Crippen molar-refractivity contribution in [3.63, 3.8) is 0 Å². The molecule has 0 unspecified atom stereocenters. The highest BCUT2D eigenvalue weighted by Gasteiger charge is 2.28. The quantitative estimate of drug-likeness (QED) is 0.859. The highest BCUT2D eigenvalue weighted by molar-refractivity contribution is 6.29. The Morgan fingerprint density at radius 3 is 2.56 bits per heavy atom. The molecular formula is C10H14ClN3O2. The van der Waals surface area contributed by atoms with Crippen LogP contribution in [0, 0.1) is 0 Å². The zero-order chi connectivity index (χ0) is 12.3. The van der Waals surface area contributed by atoms with Gasteiger partial charge in [-0.05, 0) is 13.8 Å². The number of halogens is 1. The number of amides is 1. The summed E-state index contributed by atoms with van der Waals surface area (Å²) in [6, 6.07) is 0. The third-order valence-corrected chi connectivity index (χ3v) is 2.63. The first kappa shape index (κ1) is 12.9. The van der Waals surface area contributed by atoms with Crippen LogP contribution < -0.4 is 0 Å². The first-order valence-electron chi connectivity index (χ1n) is 4.75. The standard InChI is InChI=1S/C10H14ClN3O2/c1-10(2,6-15)14(3)9(16)7-4-13-8(11)5-12-7/h4-5,15H,6H2,1-3H3. The molecule has 0 aliphatic rings. The first-order valence-corrected chi connectivity index (χ1v) is 5.13. The lowest BCUT2D eigenvalue weighted by Gasteiger charge is -2.33. The zero-order valence-electron chi connectivity index (χ0n) is 9.44. The van der Waals surface area contributed by atoms with Crippen LogP contribution in [-0.2, 0) is 0 Å². The Balaban J connectivity index is 2.90. The van der Waals surface area contributed by atoms with Crippen molar-refractivity contribution in [2.24, 2.45) is 0 Å². The summed E-state index contributed by atoms with van der Waals surface area (Å²) in [4.78, 5) is 21.0. The van der Waals surface area contributed by atoms with Gasteiger partial charge in [-0.3, -0.25) is 4.79 Å². The highest BCUT2D eigenvalue weighted by atomic mass is 35.5. The highest BCUT2D eigenvalue weighted by Crippen LogP contribution is 2.14.